The Morgan fingerprint density at radius 1 is 1.27 bits per heavy atom. The molecule has 1 heterocycles. The lowest BCUT2D eigenvalue weighted by atomic mass is 10.2. The van der Waals surface area contributed by atoms with Crippen molar-refractivity contribution >= 4 is 40.4 Å². The first-order valence-electron chi connectivity index (χ1n) is 8.19. The molecule has 0 bridgehead atoms. The minimum Gasteiger partial charge on any atom is -0.480 e. The Bertz CT molecular complexity index is 831. The molecule has 1 unspecified atom stereocenters. The Morgan fingerprint density at radius 2 is 2.00 bits per heavy atom. The third kappa shape index (κ3) is 4.78. The normalized spacial score (nSPS) is 12.0. The Balaban J connectivity index is 2.19. The zero-order valence-electron chi connectivity index (χ0n) is 15.0. The third-order valence-electron chi connectivity index (χ3n) is 4.08. The molecule has 0 aliphatic heterocycles. The first-order valence-corrected chi connectivity index (χ1v) is 9.58. The molecule has 0 radical (unpaired) electrons. The molecule has 0 aliphatic rings. The van der Waals surface area contributed by atoms with E-state index in [0.717, 1.165) is 16.5 Å². The summed E-state index contributed by atoms with van der Waals surface area (Å²) in [6.07, 6.45) is 2.32. The smallest absolute Gasteiger partial charge is 0.322 e. The molecule has 1 atom stereocenters. The predicted octanol–water partition coefficient (Wildman–Crippen LogP) is 1.54. The van der Waals surface area contributed by atoms with Crippen LogP contribution >= 0.6 is 11.8 Å². The lowest BCUT2D eigenvalue weighted by molar-refractivity contribution is -0.138. The summed E-state index contributed by atoms with van der Waals surface area (Å²) in [6, 6.07) is 6.93. The highest BCUT2D eigenvalue weighted by Gasteiger charge is 2.23. The number of aryl methyl sites for hydroxylation is 2. The van der Waals surface area contributed by atoms with Crippen molar-refractivity contribution in [2.45, 2.75) is 19.4 Å². The number of carboxylic acid groups (broad SMARTS) is 1. The fraction of sp³-hybridized carbons (Fsp3) is 0.389. The number of thioether (sulfide) groups is 1. The Kier molecular flexibility index (Phi) is 6.68. The molecule has 0 saturated carbocycles. The van der Waals surface area contributed by atoms with Crippen LogP contribution in [0, 0.1) is 6.92 Å². The largest absolute Gasteiger partial charge is 0.480 e. The van der Waals surface area contributed by atoms with Crippen LogP contribution in [0.25, 0.3) is 10.9 Å². The number of hydrogen-bond acceptors (Lipinski definition) is 4. The molecule has 0 spiro atoms. The second-order valence-electron chi connectivity index (χ2n) is 6.07. The molecule has 0 saturated heterocycles. The first-order chi connectivity index (χ1) is 12.3. The first kappa shape index (κ1) is 19.8. The monoisotopic (exact) mass is 377 g/mol. The predicted molar refractivity (Wildman–Crippen MR) is 103 cm³/mol. The van der Waals surface area contributed by atoms with E-state index < -0.39 is 24.5 Å². The van der Waals surface area contributed by atoms with Gasteiger partial charge in [0.25, 0.3) is 5.91 Å². The van der Waals surface area contributed by atoms with Crippen molar-refractivity contribution in [1.82, 2.24) is 15.2 Å². The van der Waals surface area contributed by atoms with Gasteiger partial charge in [-0.3, -0.25) is 14.4 Å². The number of benzene rings is 1. The third-order valence-corrected chi connectivity index (χ3v) is 4.72. The number of nitrogens with one attached hydrogen (secondary N) is 2. The highest BCUT2D eigenvalue weighted by Crippen LogP contribution is 2.20. The maximum absolute atomic E-state index is 12.7. The number of nitrogens with zero attached hydrogens (tertiary/aromatic N) is 1. The van der Waals surface area contributed by atoms with Gasteiger partial charge in [-0.1, -0.05) is 11.6 Å². The molecule has 1 aromatic carbocycles. The molecule has 2 rings (SSSR count). The SMILES string of the molecule is CSCCC(NC(=O)c1cc2cc(C)ccc2n1C)C(=O)NCC(=O)O. The van der Waals surface area contributed by atoms with Gasteiger partial charge >= 0.3 is 5.97 Å². The van der Waals surface area contributed by atoms with Gasteiger partial charge in [-0.05, 0) is 43.6 Å². The second kappa shape index (κ2) is 8.75. The highest BCUT2D eigenvalue weighted by atomic mass is 32.2. The zero-order valence-corrected chi connectivity index (χ0v) is 15.9. The minimum absolute atomic E-state index is 0.363. The summed E-state index contributed by atoms with van der Waals surface area (Å²) in [6.45, 7) is 1.51. The molecule has 1 aromatic heterocycles. The van der Waals surface area contributed by atoms with Crippen molar-refractivity contribution in [3.63, 3.8) is 0 Å². The van der Waals surface area contributed by atoms with Gasteiger partial charge in [0.1, 0.15) is 18.3 Å². The van der Waals surface area contributed by atoms with E-state index in [2.05, 4.69) is 10.6 Å². The van der Waals surface area contributed by atoms with Gasteiger partial charge in [-0.2, -0.15) is 11.8 Å². The number of aliphatic carboxylic acids is 1. The van der Waals surface area contributed by atoms with Crippen LogP contribution in [0.1, 0.15) is 22.5 Å². The Morgan fingerprint density at radius 3 is 2.65 bits per heavy atom. The molecule has 3 N–H and O–H groups in total. The van der Waals surface area contributed by atoms with Gasteiger partial charge in [0, 0.05) is 18.0 Å². The van der Waals surface area contributed by atoms with Gasteiger partial charge in [0.05, 0.1) is 0 Å². The molecule has 0 fully saturated rings. The lowest BCUT2D eigenvalue weighted by Crippen LogP contribution is -2.48. The second-order valence-corrected chi connectivity index (χ2v) is 7.06. The molecule has 7 nitrogen and oxygen atoms in total. The van der Waals surface area contributed by atoms with Crippen LogP contribution in [0.2, 0.25) is 0 Å². The molecule has 2 aromatic rings. The fourth-order valence-electron chi connectivity index (χ4n) is 2.71. The van der Waals surface area contributed by atoms with Crippen molar-refractivity contribution < 1.29 is 19.5 Å². The summed E-state index contributed by atoms with van der Waals surface area (Å²) >= 11 is 1.55. The summed E-state index contributed by atoms with van der Waals surface area (Å²) in [5.41, 5.74) is 2.48. The topological polar surface area (TPSA) is 100 Å². The molecule has 0 aliphatic carbocycles. The number of amides is 2. The number of carbonyl (C=O) groups excluding carboxylic acids is 2. The van der Waals surface area contributed by atoms with E-state index in [-0.39, 0.29) is 5.91 Å². The Labute approximate surface area is 156 Å². The average Bonchev–Trinajstić information content (AvgIpc) is 2.92. The highest BCUT2D eigenvalue weighted by molar-refractivity contribution is 7.98. The van der Waals surface area contributed by atoms with Crippen LogP contribution in [0.4, 0.5) is 0 Å². The van der Waals surface area contributed by atoms with Gasteiger partial charge in [-0.15, -0.1) is 0 Å². The summed E-state index contributed by atoms with van der Waals surface area (Å²) in [5, 5.41) is 14.7. The van der Waals surface area contributed by atoms with E-state index >= 15 is 0 Å². The van der Waals surface area contributed by atoms with Crippen molar-refractivity contribution in [2.24, 2.45) is 7.05 Å². The van der Waals surface area contributed by atoms with Crippen LogP contribution in [0.3, 0.4) is 0 Å². The van der Waals surface area contributed by atoms with Gasteiger partial charge in [0.15, 0.2) is 0 Å². The van der Waals surface area contributed by atoms with E-state index in [0.29, 0.717) is 17.9 Å². The van der Waals surface area contributed by atoms with Crippen LogP contribution in [-0.2, 0) is 16.6 Å². The molecule has 8 heteroatoms. The zero-order chi connectivity index (χ0) is 19.3. The van der Waals surface area contributed by atoms with Gasteiger partial charge < -0.3 is 20.3 Å². The van der Waals surface area contributed by atoms with E-state index in [1.165, 1.54) is 0 Å². The van der Waals surface area contributed by atoms with E-state index in [1.807, 2.05) is 31.4 Å². The van der Waals surface area contributed by atoms with E-state index in [4.69, 9.17) is 5.11 Å². The lowest BCUT2D eigenvalue weighted by Gasteiger charge is -2.18. The number of carboxylic acids is 1. The van der Waals surface area contributed by atoms with Crippen molar-refractivity contribution in [3.05, 3.63) is 35.5 Å². The quantitative estimate of drug-likeness (QED) is 0.648. The molecule has 26 heavy (non-hydrogen) atoms. The Hall–Kier alpha value is -2.48. The molecular formula is C18H23N3O4S. The number of carbonyl (C=O) groups is 3. The minimum atomic E-state index is -1.13. The van der Waals surface area contributed by atoms with Crippen LogP contribution < -0.4 is 10.6 Å². The summed E-state index contributed by atoms with van der Waals surface area (Å²) in [7, 11) is 1.80. The maximum Gasteiger partial charge on any atom is 0.322 e. The number of fused-ring (bicyclic) bond motifs is 1. The van der Waals surface area contributed by atoms with Crippen LogP contribution in [0.15, 0.2) is 24.3 Å². The molecule has 140 valence electrons. The molecular weight excluding hydrogens is 354 g/mol. The van der Waals surface area contributed by atoms with E-state index in [1.54, 1.807) is 29.4 Å². The summed E-state index contributed by atoms with van der Waals surface area (Å²) in [4.78, 5) is 35.6. The van der Waals surface area contributed by atoms with E-state index in [9.17, 15) is 14.4 Å². The summed E-state index contributed by atoms with van der Waals surface area (Å²) in [5.74, 6) is -1.32. The number of rotatable bonds is 8. The maximum atomic E-state index is 12.7. The van der Waals surface area contributed by atoms with Crippen molar-refractivity contribution in [3.8, 4) is 0 Å². The average molecular weight is 377 g/mol. The number of aromatic nitrogens is 1. The standard InChI is InChI=1S/C18H23N3O4S/c1-11-4-5-14-12(8-11)9-15(21(14)2)18(25)20-13(6-7-26-3)17(24)19-10-16(22)23/h4-5,8-9,13H,6-7,10H2,1-3H3,(H,19,24)(H,20,25)(H,22,23). The van der Waals surface area contributed by atoms with Gasteiger partial charge in [-0.25, -0.2) is 0 Å². The molecule has 2 amide bonds. The van der Waals surface area contributed by atoms with Crippen molar-refractivity contribution in [2.75, 3.05) is 18.6 Å². The number of hydrogen-bond donors (Lipinski definition) is 3. The van der Waals surface area contributed by atoms with Crippen LogP contribution in [-0.4, -0.2) is 52.1 Å². The summed E-state index contributed by atoms with van der Waals surface area (Å²) < 4.78 is 1.78. The van der Waals surface area contributed by atoms with Crippen molar-refractivity contribution in [1.29, 1.82) is 0 Å². The van der Waals surface area contributed by atoms with Gasteiger partial charge in [0.2, 0.25) is 5.91 Å². The fourth-order valence-corrected chi connectivity index (χ4v) is 3.18. The van der Waals surface area contributed by atoms with Crippen LogP contribution in [0.5, 0.6) is 0 Å².